The van der Waals surface area contributed by atoms with E-state index in [4.69, 9.17) is 0 Å². The molecule has 26 heavy (non-hydrogen) atoms. The highest BCUT2D eigenvalue weighted by Crippen LogP contribution is 2.37. The standard InChI is InChI=1S/C18H15F6NS/c1-11(25-16(2,26)13-6-4-3-5-7-13)12-8-14(17(19,20)21)10-15(9-12)18(22,23)24/h3-10,26H,1-2H3/t16-/m1/s1. The lowest BCUT2D eigenvalue weighted by molar-refractivity contribution is -0.143. The van der Waals surface area contributed by atoms with Crippen LogP contribution in [0.15, 0.2) is 53.5 Å². The average Bonchev–Trinajstić information content (AvgIpc) is 2.53. The molecule has 0 aliphatic carbocycles. The number of alkyl halides is 6. The normalized spacial score (nSPS) is 15.7. The molecule has 1 nitrogen and oxygen atoms in total. The van der Waals surface area contributed by atoms with Crippen LogP contribution >= 0.6 is 12.6 Å². The zero-order valence-corrected chi connectivity index (χ0v) is 14.7. The number of thiol groups is 1. The molecule has 2 aromatic rings. The van der Waals surface area contributed by atoms with E-state index in [-0.39, 0.29) is 17.3 Å². The molecule has 0 aliphatic heterocycles. The van der Waals surface area contributed by atoms with Crippen LogP contribution in [0.25, 0.3) is 0 Å². The molecule has 0 spiro atoms. The summed E-state index contributed by atoms with van der Waals surface area (Å²) in [4.78, 5) is 3.13. The summed E-state index contributed by atoms with van der Waals surface area (Å²) < 4.78 is 77.9. The molecule has 0 saturated heterocycles. The van der Waals surface area contributed by atoms with Crippen LogP contribution in [0.1, 0.15) is 36.1 Å². The summed E-state index contributed by atoms with van der Waals surface area (Å²) in [6, 6.07) is 10.1. The largest absolute Gasteiger partial charge is 0.416 e. The van der Waals surface area contributed by atoms with Crippen molar-refractivity contribution in [2.24, 2.45) is 4.99 Å². The Kier molecular flexibility index (Phi) is 5.46. The van der Waals surface area contributed by atoms with Crippen LogP contribution in [0.2, 0.25) is 0 Å². The van der Waals surface area contributed by atoms with E-state index in [2.05, 4.69) is 17.6 Å². The highest BCUT2D eigenvalue weighted by Gasteiger charge is 2.37. The zero-order valence-electron chi connectivity index (χ0n) is 13.8. The molecule has 0 saturated carbocycles. The van der Waals surface area contributed by atoms with Gasteiger partial charge in [0.05, 0.1) is 11.1 Å². The Morgan fingerprint density at radius 1 is 0.808 bits per heavy atom. The second-order valence-electron chi connectivity index (χ2n) is 5.88. The van der Waals surface area contributed by atoms with Gasteiger partial charge in [0, 0.05) is 5.71 Å². The van der Waals surface area contributed by atoms with Crippen molar-refractivity contribution in [3.05, 3.63) is 70.8 Å². The lowest BCUT2D eigenvalue weighted by atomic mass is 10.0. The van der Waals surface area contributed by atoms with Crippen LogP contribution in [0, 0.1) is 0 Å². The second-order valence-corrected chi connectivity index (χ2v) is 6.75. The van der Waals surface area contributed by atoms with E-state index in [1.165, 1.54) is 6.92 Å². The van der Waals surface area contributed by atoms with Gasteiger partial charge in [0.25, 0.3) is 0 Å². The fraction of sp³-hybridized carbons (Fsp3) is 0.278. The van der Waals surface area contributed by atoms with Gasteiger partial charge in [-0.3, -0.25) is 4.99 Å². The van der Waals surface area contributed by atoms with E-state index in [0.717, 1.165) is 0 Å². The number of aliphatic imine (C=N–C) groups is 1. The van der Waals surface area contributed by atoms with Crippen LogP contribution in [-0.2, 0) is 17.2 Å². The number of nitrogens with zero attached hydrogens (tertiary/aromatic N) is 1. The van der Waals surface area contributed by atoms with E-state index in [1.54, 1.807) is 37.3 Å². The lowest BCUT2D eigenvalue weighted by Crippen LogP contribution is -2.16. The van der Waals surface area contributed by atoms with E-state index < -0.39 is 28.4 Å². The molecule has 0 unspecified atom stereocenters. The molecule has 0 aromatic heterocycles. The third kappa shape index (κ3) is 4.81. The highest BCUT2D eigenvalue weighted by molar-refractivity contribution is 7.81. The Balaban J connectivity index is 2.56. The monoisotopic (exact) mass is 391 g/mol. The molecule has 0 bridgehead atoms. The highest BCUT2D eigenvalue weighted by atomic mass is 32.1. The molecular weight excluding hydrogens is 376 g/mol. The minimum absolute atomic E-state index is 0.0166. The summed E-state index contributed by atoms with van der Waals surface area (Å²) in [5.74, 6) is 0. The van der Waals surface area contributed by atoms with Crippen molar-refractivity contribution in [3.63, 3.8) is 0 Å². The molecule has 0 heterocycles. The number of halogens is 6. The van der Waals surface area contributed by atoms with Gasteiger partial charge >= 0.3 is 12.4 Å². The Labute approximate surface area is 152 Å². The summed E-state index contributed by atoms with van der Waals surface area (Å²) in [7, 11) is 0. The van der Waals surface area contributed by atoms with E-state index in [1.807, 2.05) is 0 Å². The number of rotatable bonds is 3. The third-order valence-corrected chi connectivity index (χ3v) is 4.07. The summed E-state index contributed by atoms with van der Waals surface area (Å²) >= 11 is 4.40. The molecule has 140 valence electrons. The van der Waals surface area contributed by atoms with Gasteiger partial charge in [0.15, 0.2) is 0 Å². The predicted octanol–water partition coefficient (Wildman–Crippen LogP) is 6.34. The molecule has 0 N–H and O–H groups in total. The first-order valence-corrected chi connectivity index (χ1v) is 7.89. The van der Waals surface area contributed by atoms with Crippen molar-refractivity contribution in [3.8, 4) is 0 Å². The quantitative estimate of drug-likeness (QED) is 0.356. The smallest absolute Gasteiger partial charge is 0.268 e. The van der Waals surface area contributed by atoms with Gasteiger partial charge < -0.3 is 0 Å². The van der Waals surface area contributed by atoms with Gasteiger partial charge in [-0.15, -0.1) is 12.6 Å². The third-order valence-electron chi connectivity index (χ3n) is 3.71. The lowest BCUT2D eigenvalue weighted by Gasteiger charge is -2.21. The summed E-state index contributed by atoms with van der Waals surface area (Å²) in [5, 5.41) is 0. The Morgan fingerprint density at radius 3 is 1.69 bits per heavy atom. The minimum atomic E-state index is -4.90. The average molecular weight is 391 g/mol. The number of hydrogen-bond acceptors (Lipinski definition) is 2. The maximum atomic E-state index is 13.0. The van der Waals surface area contributed by atoms with Crippen LogP contribution < -0.4 is 0 Å². The zero-order chi connectivity index (χ0) is 19.8. The van der Waals surface area contributed by atoms with E-state index in [0.29, 0.717) is 17.7 Å². The first-order valence-electron chi connectivity index (χ1n) is 7.45. The van der Waals surface area contributed by atoms with Crippen molar-refractivity contribution in [2.75, 3.05) is 0 Å². The van der Waals surface area contributed by atoms with Gasteiger partial charge in [-0.25, -0.2) is 0 Å². The number of benzene rings is 2. The second kappa shape index (κ2) is 6.98. The van der Waals surface area contributed by atoms with Gasteiger partial charge in [-0.05, 0) is 43.2 Å². The molecule has 1 atom stereocenters. The molecule has 2 rings (SSSR count). The predicted molar refractivity (Wildman–Crippen MR) is 91.4 cm³/mol. The molecule has 0 fully saturated rings. The molecular formula is C18H15F6NS. The van der Waals surface area contributed by atoms with Crippen LogP contribution in [0.4, 0.5) is 26.3 Å². The SMILES string of the molecule is CC(=N[C@](C)(S)c1ccccc1)c1cc(C(F)(F)F)cc(C(F)(F)F)c1. The first-order chi connectivity index (χ1) is 11.8. The van der Waals surface area contributed by atoms with Crippen LogP contribution in [0.3, 0.4) is 0 Å². The van der Waals surface area contributed by atoms with Crippen LogP contribution in [0.5, 0.6) is 0 Å². The van der Waals surface area contributed by atoms with Gasteiger partial charge in [-0.1, -0.05) is 30.3 Å². The van der Waals surface area contributed by atoms with Gasteiger partial charge in [-0.2, -0.15) is 26.3 Å². The Bertz CT molecular complexity index is 774. The summed E-state index contributed by atoms with van der Waals surface area (Å²) in [6.07, 6.45) is -9.81. The van der Waals surface area contributed by atoms with Crippen molar-refractivity contribution in [1.29, 1.82) is 0 Å². The van der Waals surface area contributed by atoms with Crippen molar-refractivity contribution >= 4 is 18.3 Å². The molecule has 2 aromatic carbocycles. The van der Waals surface area contributed by atoms with Gasteiger partial charge in [0.1, 0.15) is 4.87 Å². The maximum Gasteiger partial charge on any atom is 0.416 e. The molecule has 0 aliphatic rings. The summed E-state index contributed by atoms with van der Waals surface area (Å²) in [6.45, 7) is 2.96. The first kappa shape index (κ1) is 20.4. The van der Waals surface area contributed by atoms with Crippen molar-refractivity contribution in [1.82, 2.24) is 0 Å². The van der Waals surface area contributed by atoms with Gasteiger partial charge in [0.2, 0.25) is 0 Å². The Hall–Kier alpha value is -1.96. The molecule has 8 heteroatoms. The van der Waals surface area contributed by atoms with Crippen molar-refractivity contribution in [2.45, 2.75) is 31.1 Å². The molecule has 0 radical (unpaired) electrons. The van der Waals surface area contributed by atoms with Crippen LogP contribution in [-0.4, -0.2) is 5.71 Å². The molecule has 0 amide bonds. The number of hydrogen-bond donors (Lipinski definition) is 1. The fourth-order valence-corrected chi connectivity index (χ4v) is 2.67. The minimum Gasteiger partial charge on any atom is -0.268 e. The van der Waals surface area contributed by atoms with E-state index in [9.17, 15) is 26.3 Å². The Morgan fingerprint density at radius 2 is 1.27 bits per heavy atom. The van der Waals surface area contributed by atoms with E-state index >= 15 is 0 Å². The van der Waals surface area contributed by atoms with Crippen molar-refractivity contribution < 1.29 is 26.3 Å². The maximum absolute atomic E-state index is 13.0. The topological polar surface area (TPSA) is 12.4 Å². The fourth-order valence-electron chi connectivity index (χ4n) is 2.37. The summed E-state index contributed by atoms with van der Waals surface area (Å²) in [5.41, 5.74) is -2.34.